The van der Waals surface area contributed by atoms with Crippen molar-refractivity contribution in [3.63, 3.8) is 0 Å². The number of alkyl halides is 1. The fourth-order valence-corrected chi connectivity index (χ4v) is 3.52. The van der Waals surface area contributed by atoms with Crippen LogP contribution in [0.4, 0.5) is 15.8 Å². The molecular formula is C16H15ClFNOS. The number of para-hydroxylation sites is 2. The Labute approximate surface area is 133 Å². The van der Waals surface area contributed by atoms with Crippen molar-refractivity contribution in [1.82, 2.24) is 0 Å². The maximum absolute atomic E-state index is 14.1. The molecule has 110 valence electrons. The van der Waals surface area contributed by atoms with Gasteiger partial charge in [0.1, 0.15) is 0 Å². The standard InChI is InChI=1S/C16H15ClFNOS/c17-11-5-10-15-20-16-13(18)8-4-9-14(16)19(21-15)12-6-2-1-3-7-12/h1-4,6-9,15H,5,10-11H2. The first-order valence-electron chi connectivity index (χ1n) is 6.82. The minimum absolute atomic E-state index is 0.131. The van der Waals surface area contributed by atoms with Gasteiger partial charge in [-0.05, 0) is 37.1 Å². The molecule has 0 aliphatic carbocycles. The monoisotopic (exact) mass is 323 g/mol. The quantitative estimate of drug-likeness (QED) is 0.556. The van der Waals surface area contributed by atoms with Crippen molar-refractivity contribution in [3.8, 4) is 5.75 Å². The van der Waals surface area contributed by atoms with E-state index < -0.39 is 0 Å². The van der Waals surface area contributed by atoms with E-state index in [0.29, 0.717) is 11.6 Å². The second-order valence-corrected chi connectivity index (χ2v) is 6.18. The average Bonchev–Trinajstić information content (AvgIpc) is 2.54. The summed E-state index contributed by atoms with van der Waals surface area (Å²) in [6, 6.07) is 14.9. The lowest BCUT2D eigenvalue weighted by Gasteiger charge is -2.35. The Morgan fingerprint density at radius 1 is 1.14 bits per heavy atom. The van der Waals surface area contributed by atoms with E-state index >= 15 is 0 Å². The fourth-order valence-electron chi connectivity index (χ4n) is 2.22. The molecule has 0 radical (unpaired) electrons. The van der Waals surface area contributed by atoms with E-state index in [1.807, 2.05) is 40.7 Å². The summed E-state index contributed by atoms with van der Waals surface area (Å²) in [5.74, 6) is 0.569. The van der Waals surface area contributed by atoms with Crippen LogP contribution in [0.5, 0.6) is 5.75 Å². The maximum Gasteiger partial charge on any atom is 0.181 e. The third-order valence-electron chi connectivity index (χ3n) is 3.20. The summed E-state index contributed by atoms with van der Waals surface area (Å²) in [6.45, 7) is 0. The molecule has 0 aromatic heterocycles. The van der Waals surface area contributed by atoms with Gasteiger partial charge in [0.25, 0.3) is 0 Å². The summed E-state index contributed by atoms with van der Waals surface area (Å²) >= 11 is 7.31. The van der Waals surface area contributed by atoms with Gasteiger partial charge in [0.2, 0.25) is 0 Å². The Morgan fingerprint density at radius 3 is 2.71 bits per heavy atom. The predicted octanol–water partition coefficient (Wildman–Crippen LogP) is 5.35. The lowest BCUT2D eigenvalue weighted by atomic mass is 10.2. The van der Waals surface area contributed by atoms with Crippen LogP contribution in [0.3, 0.4) is 0 Å². The molecule has 1 atom stereocenters. The average molecular weight is 324 g/mol. The molecule has 0 saturated heterocycles. The van der Waals surface area contributed by atoms with Gasteiger partial charge < -0.3 is 4.74 Å². The number of hydrogen-bond acceptors (Lipinski definition) is 3. The number of halogens is 2. The van der Waals surface area contributed by atoms with Crippen LogP contribution < -0.4 is 9.04 Å². The fraction of sp³-hybridized carbons (Fsp3) is 0.250. The van der Waals surface area contributed by atoms with Crippen LogP contribution in [0, 0.1) is 5.82 Å². The van der Waals surface area contributed by atoms with E-state index in [4.69, 9.17) is 16.3 Å². The zero-order chi connectivity index (χ0) is 14.7. The highest BCUT2D eigenvalue weighted by atomic mass is 35.5. The smallest absolute Gasteiger partial charge is 0.181 e. The van der Waals surface area contributed by atoms with E-state index in [-0.39, 0.29) is 11.3 Å². The number of nitrogens with zero attached hydrogens (tertiary/aromatic N) is 1. The van der Waals surface area contributed by atoms with Crippen LogP contribution in [0.1, 0.15) is 12.8 Å². The number of anilines is 2. The third-order valence-corrected chi connectivity index (χ3v) is 4.65. The SMILES string of the molecule is Fc1cccc2c1OC(CCCCl)SN2c1ccccc1. The Balaban J connectivity index is 1.97. The predicted molar refractivity (Wildman–Crippen MR) is 86.9 cm³/mol. The van der Waals surface area contributed by atoms with Gasteiger partial charge in [-0.15, -0.1) is 11.6 Å². The molecule has 0 amide bonds. The largest absolute Gasteiger partial charge is 0.473 e. The molecule has 0 spiro atoms. The van der Waals surface area contributed by atoms with Gasteiger partial charge in [-0.3, -0.25) is 4.31 Å². The summed E-state index contributed by atoms with van der Waals surface area (Å²) in [5.41, 5.74) is 1.62. The molecule has 0 bridgehead atoms. The summed E-state index contributed by atoms with van der Waals surface area (Å²) < 4.78 is 21.9. The van der Waals surface area contributed by atoms with Crippen molar-refractivity contribution < 1.29 is 9.13 Å². The van der Waals surface area contributed by atoms with Crippen LogP contribution in [0.2, 0.25) is 0 Å². The van der Waals surface area contributed by atoms with Crippen LogP contribution >= 0.6 is 23.5 Å². The first-order chi connectivity index (χ1) is 10.3. The van der Waals surface area contributed by atoms with E-state index in [2.05, 4.69) is 0 Å². The van der Waals surface area contributed by atoms with Crippen molar-refractivity contribution in [2.45, 2.75) is 18.3 Å². The van der Waals surface area contributed by atoms with Gasteiger partial charge in [-0.2, -0.15) is 0 Å². The highest BCUT2D eigenvalue weighted by Gasteiger charge is 2.29. The van der Waals surface area contributed by atoms with Crippen molar-refractivity contribution in [3.05, 3.63) is 54.3 Å². The van der Waals surface area contributed by atoms with E-state index in [0.717, 1.165) is 24.2 Å². The first-order valence-corrected chi connectivity index (χ1v) is 8.20. The number of fused-ring (bicyclic) bond motifs is 1. The molecule has 2 aromatic carbocycles. The Hall–Kier alpha value is -1.39. The van der Waals surface area contributed by atoms with Crippen LogP contribution in [0.15, 0.2) is 48.5 Å². The lowest BCUT2D eigenvalue weighted by molar-refractivity contribution is 0.260. The Morgan fingerprint density at radius 2 is 1.95 bits per heavy atom. The molecule has 2 nitrogen and oxygen atoms in total. The molecule has 1 heterocycles. The molecule has 0 saturated carbocycles. The Bertz CT molecular complexity index is 610. The zero-order valence-corrected chi connectivity index (χ0v) is 12.9. The minimum Gasteiger partial charge on any atom is -0.473 e. The molecule has 5 heteroatoms. The van der Waals surface area contributed by atoms with Gasteiger partial charge in [0.15, 0.2) is 17.0 Å². The second-order valence-electron chi connectivity index (χ2n) is 4.70. The molecule has 21 heavy (non-hydrogen) atoms. The van der Waals surface area contributed by atoms with Crippen molar-refractivity contribution in [2.24, 2.45) is 0 Å². The number of rotatable bonds is 4. The number of hydrogen-bond donors (Lipinski definition) is 0. The van der Waals surface area contributed by atoms with Gasteiger partial charge in [-0.1, -0.05) is 24.3 Å². The van der Waals surface area contributed by atoms with Gasteiger partial charge >= 0.3 is 0 Å². The maximum atomic E-state index is 14.1. The van der Waals surface area contributed by atoms with Crippen molar-refractivity contribution in [1.29, 1.82) is 0 Å². The normalized spacial score (nSPS) is 17.2. The van der Waals surface area contributed by atoms with Crippen molar-refractivity contribution >= 4 is 34.9 Å². The Kier molecular flexibility index (Phi) is 4.56. The molecule has 0 N–H and O–H groups in total. The molecule has 3 rings (SSSR count). The molecule has 1 unspecified atom stereocenters. The van der Waals surface area contributed by atoms with Crippen LogP contribution in [-0.4, -0.2) is 11.3 Å². The molecule has 1 aliphatic heterocycles. The van der Waals surface area contributed by atoms with Crippen LogP contribution in [-0.2, 0) is 0 Å². The molecule has 2 aromatic rings. The highest BCUT2D eigenvalue weighted by Crippen LogP contribution is 2.47. The third kappa shape index (κ3) is 3.11. The first kappa shape index (κ1) is 14.5. The van der Waals surface area contributed by atoms with Crippen LogP contribution in [0.25, 0.3) is 0 Å². The highest BCUT2D eigenvalue weighted by molar-refractivity contribution is 8.01. The summed E-state index contributed by atoms with van der Waals surface area (Å²) in [4.78, 5) is 0. The van der Waals surface area contributed by atoms with E-state index in [1.54, 1.807) is 18.0 Å². The van der Waals surface area contributed by atoms with Gasteiger partial charge in [0.05, 0.1) is 11.4 Å². The lowest BCUT2D eigenvalue weighted by Crippen LogP contribution is -2.26. The summed E-state index contributed by atoms with van der Waals surface area (Å²) in [5, 5.41) is 0. The van der Waals surface area contributed by atoms with Gasteiger partial charge in [0, 0.05) is 17.8 Å². The van der Waals surface area contributed by atoms with Crippen molar-refractivity contribution in [2.75, 3.05) is 10.2 Å². The number of ether oxygens (including phenoxy) is 1. The molecule has 0 fully saturated rings. The topological polar surface area (TPSA) is 12.5 Å². The second kappa shape index (κ2) is 6.58. The van der Waals surface area contributed by atoms with Gasteiger partial charge in [-0.25, -0.2) is 4.39 Å². The van der Waals surface area contributed by atoms with E-state index in [1.165, 1.54) is 6.07 Å². The molecule has 1 aliphatic rings. The number of benzene rings is 2. The zero-order valence-electron chi connectivity index (χ0n) is 11.3. The molecular weight excluding hydrogens is 309 g/mol. The summed E-state index contributed by atoms with van der Waals surface area (Å²) in [7, 11) is 0. The summed E-state index contributed by atoms with van der Waals surface area (Å²) in [6.07, 6.45) is 1.62. The minimum atomic E-state index is -0.329. The van der Waals surface area contributed by atoms with E-state index in [9.17, 15) is 4.39 Å².